The molecule has 0 radical (unpaired) electrons. The van der Waals surface area contributed by atoms with Crippen LogP contribution in [0.15, 0.2) is 72.9 Å². The number of fused-ring (bicyclic) bond motifs is 1. The summed E-state index contributed by atoms with van der Waals surface area (Å²) in [6.45, 7) is 5.63. The van der Waals surface area contributed by atoms with E-state index in [4.69, 9.17) is 4.74 Å². The van der Waals surface area contributed by atoms with Crippen LogP contribution in [0, 0.1) is 20.8 Å². The average molecular weight is 451 g/mol. The standard InChI is InChI=1S/C26H22N6O2/c1-16-14-17(2)29-26(28-16)34-21-11-9-20(10-12-21)30-25(33)22-15-27-32(18(22)3)24-13-8-19-6-4-5-7-23(19)31-24/h4-15H,1-3H3,(H,30,33). The second-order valence-electron chi connectivity index (χ2n) is 7.93. The molecular formula is C26H22N6O2. The van der Waals surface area contributed by atoms with Crippen LogP contribution >= 0.6 is 0 Å². The number of carbonyl (C=O) groups excluding carboxylic acids is 1. The molecule has 0 spiro atoms. The van der Waals surface area contributed by atoms with Gasteiger partial charge in [0.2, 0.25) is 0 Å². The molecule has 0 saturated heterocycles. The number of pyridine rings is 1. The number of hydrogen-bond donors (Lipinski definition) is 1. The topological polar surface area (TPSA) is 94.8 Å². The maximum Gasteiger partial charge on any atom is 0.322 e. The first kappa shape index (κ1) is 21.3. The van der Waals surface area contributed by atoms with E-state index in [0.717, 1.165) is 22.3 Å². The molecule has 0 aliphatic rings. The van der Waals surface area contributed by atoms with Gasteiger partial charge in [-0.2, -0.15) is 5.10 Å². The first-order valence-electron chi connectivity index (χ1n) is 10.8. The zero-order valence-electron chi connectivity index (χ0n) is 19.0. The van der Waals surface area contributed by atoms with Crippen molar-refractivity contribution in [1.29, 1.82) is 0 Å². The van der Waals surface area contributed by atoms with Gasteiger partial charge in [0.05, 0.1) is 23.0 Å². The highest BCUT2D eigenvalue weighted by Gasteiger charge is 2.16. The molecule has 8 nitrogen and oxygen atoms in total. The number of ether oxygens (including phenoxy) is 1. The second-order valence-corrected chi connectivity index (χ2v) is 7.93. The third-order valence-corrected chi connectivity index (χ3v) is 5.34. The molecule has 1 N–H and O–H groups in total. The van der Waals surface area contributed by atoms with Gasteiger partial charge in [-0.3, -0.25) is 4.79 Å². The van der Waals surface area contributed by atoms with Crippen molar-refractivity contribution in [2.45, 2.75) is 20.8 Å². The molecule has 2 aromatic carbocycles. The zero-order chi connectivity index (χ0) is 23.7. The molecule has 0 saturated carbocycles. The van der Waals surface area contributed by atoms with Crippen LogP contribution in [0.1, 0.15) is 27.4 Å². The molecule has 34 heavy (non-hydrogen) atoms. The van der Waals surface area contributed by atoms with Gasteiger partial charge in [-0.05, 0) is 69.3 Å². The highest BCUT2D eigenvalue weighted by molar-refractivity contribution is 6.05. The summed E-state index contributed by atoms with van der Waals surface area (Å²) < 4.78 is 7.40. The summed E-state index contributed by atoms with van der Waals surface area (Å²) >= 11 is 0. The minimum absolute atomic E-state index is 0.254. The number of nitrogens with zero attached hydrogens (tertiary/aromatic N) is 5. The Labute approximate surface area is 196 Å². The van der Waals surface area contributed by atoms with Crippen molar-refractivity contribution in [2.24, 2.45) is 0 Å². The molecule has 3 heterocycles. The number of aryl methyl sites for hydroxylation is 2. The average Bonchev–Trinajstić information content (AvgIpc) is 3.21. The SMILES string of the molecule is Cc1cc(C)nc(Oc2ccc(NC(=O)c3cnn(-c4ccc5ccccc5n4)c3C)cc2)n1. The van der Waals surface area contributed by atoms with Crippen LogP contribution in [0.25, 0.3) is 16.7 Å². The van der Waals surface area contributed by atoms with E-state index >= 15 is 0 Å². The van der Waals surface area contributed by atoms with Crippen molar-refractivity contribution in [3.05, 3.63) is 95.6 Å². The largest absolute Gasteiger partial charge is 0.424 e. The fraction of sp³-hybridized carbons (Fsp3) is 0.115. The van der Waals surface area contributed by atoms with Crippen molar-refractivity contribution in [3.63, 3.8) is 0 Å². The predicted molar refractivity (Wildman–Crippen MR) is 130 cm³/mol. The number of nitrogens with one attached hydrogen (secondary N) is 1. The third-order valence-electron chi connectivity index (χ3n) is 5.34. The van der Waals surface area contributed by atoms with Gasteiger partial charge in [-0.1, -0.05) is 18.2 Å². The van der Waals surface area contributed by atoms with Gasteiger partial charge < -0.3 is 10.1 Å². The first-order valence-corrected chi connectivity index (χ1v) is 10.8. The molecule has 0 aliphatic heterocycles. The number of aromatic nitrogens is 5. The Morgan fingerprint density at radius 1 is 0.882 bits per heavy atom. The third kappa shape index (κ3) is 4.33. The lowest BCUT2D eigenvalue weighted by atomic mass is 10.2. The Bertz CT molecular complexity index is 1490. The maximum absolute atomic E-state index is 12.9. The molecule has 168 valence electrons. The molecule has 5 rings (SSSR count). The molecular weight excluding hydrogens is 428 g/mol. The van der Waals surface area contributed by atoms with Gasteiger partial charge in [0.15, 0.2) is 5.82 Å². The van der Waals surface area contributed by atoms with Crippen molar-refractivity contribution in [1.82, 2.24) is 24.7 Å². The number of rotatable bonds is 5. The smallest absolute Gasteiger partial charge is 0.322 e. The monoisotopic (exact) mass is 450 g/mol. The number of carbonyl (C=O) groups is 1. The van der Waals surface area contributed by atoms with Crippen molar-refractivity contribution < 1.29 is 9.53 Å². The highest BCUT2D eigenvalue weighted by Crippen LogP contribution is 2.22. The molecule has 0 atom stereocenters. The zero-order valence-corrected chi connectivity index (χ0v) is 19.0. The molecule has 1 amide bonds. The van der Waals surface area contributed by atoms with Crippen molar-refractivity contribution >= 4 is 22.5 Å². The van der Waals surface area contributed by atoms with Crippen molar-refractivity contribution in [2.75, 3.05) is 5.32 Å². The van der Waals surface area contributed by atoms with E-state index in [1.165, 1.54) is 0 Å². The number of para-hydroxylation sites is 1. The van der Waals surface area contributed by atoms with Crippen LogP contribution in [-0.2, 0) is 0 Å². The van der Waals surface area contributed by atoms with E-state index < -0.39 is 0 Å². The van der Waals surface area contributed by atoms with E-state index in [9.17, 15) is 4.79 Å². The van der Waals surface area contributed by atoms with Crippen LogP contribution in [0.5, 0.6) is 11.8 Å². The fourth-order valence-electron chi connectivity index (χ4n) is 3.69. The van der Waals surface area contributed by atoms with E-state index in [-0.39, 0.29) is 5.91 Å². The Morgan fingerprint density at radius 2 is 1.62 bits per heavy atom. The maximum atomic E-state index is 12.9. The van der Waals surface area contributed by atoms with Crippen LogP contribution in [0.3, 0.4) is 0 Å². The summed E-state index contributed by atoms with van der Waals surface area (Å²) in [6, 6.07) is 21.0. The Morgan fingerprint density at radius 3 is 2.38 bits per heavy atom. The van der Waals surface area contributed by atoms with E-state index in [2.05, 4.69) is 25.4 Å². The van der Waals surface area contributed by atoms with Gasteiger partial charge in [0.1, 0.15) is 5.75 Å². The molecule has 5 aromatic rings. The van der Waals surface area contributed by atoms with E-state index in [1.807, 2.05) is 63.2 Å². The highest BCUT2D eigenvalue weighted by atomic mass is 16.5. The quantitative estimate of drug-likeness (QED) is 0.396. The van der Waals surface area contributed by atoms with Gasteiger partial charge in [-0.15, -0.1) is 0 Å². The van der Waals surface area contributed by atoms with Gasteiger partial charge in [0, 0.05) is 22.5 Å². The lowest BCUT2D eigenvalue weighted by Crippen LogP contribution is -2.13. The predicted octanol–water partition coefficient (Wildman–Crippen LogP) is 5.18. The number of hydrogen-bond acceptors (Lipinski definition) is 6. The summed E-state index contributed by atoms with van der Waals surface area (Å²) in [5.41, 5.74) is 4.35. The summed E-state index contributed by atoms with van der Waals surface area (Å²) in [7, 11) is 0. The number of benzene rings is 2. The summed E-state index contributed by atoms with van der Waals surface area (Å²) in [6.07, 6.45) is 1.55. The number of amides is 1. The molecule has 0 aliphatic carbocycles. The lowest BCUT2D eigenvalue weighted by Gasteiger charge is -2.08. The molecule has 0 fully saturated rings. The Balaban J connectivity index is 1.31. The molecule has 8 heteroatoms. The van der Waals surface area contributed by atoms with Crippen LogP contribution in [0.2, 0.25) is 0 Å². The molecule has 3 aromatic heterocycles. The second kappa shape index (κ2) is 8.74. The molecule has 0 unspecified atom stereocenters. The van der Waals surface area contributed by atoms with Crippen LogP contribution < -0.4 is 10.1 Å². The lowest BCUT2D eigenvalue weighted by molar-refractivity contribution is 0.102. The Hall–Kier alpha value is -4.59. The first-order chi connectivity index (χ1) is 16.5. The summed E-state index contributed by atoms with van der Waals surface area (Å²) in [4.78, 5) is 26.1. The minimum Gasteiger partial charge on any atom is -0.424 e. The summed E-state index contributed by atoms with van der Waals surface area (Å²) in [5, 5.41) is 8.34. The number of anilines is 1. The van der Waals surface area contributed by atoms with Gasteiger partial charge in [-0.25, -0.2) is 19.6 Å². The molecule has 0 bridgehead atoms. The van der Waals surface area contributed by atoms with E-state index in [0.29, 0.717) is 34.5 Å². The normalized spacial score (nSPS) is 10.9. The minimum atomic E-state index is -0.254. The van der Waals surface area contributed by atoms with Crippen LogP contribution in [-0.4, -0.2) is 30.6 Å². The Kier molecular flexibility index (Phi) is 5.47. The van der Waals surface area contributed by atoms with Crippen molar-refractivity contribution in [3.8, 4) is 17.6 Å². The van der Waals surface area contributed by atoms with Gasteiger partial charge >= 0.3 is 6.01 Å². The fourth-order valence-corrected chi connectivity index (χ4v) is 3.69. The van der Waals surface area contributed by atoms with Crippen LogP contribution in [0.4, 0.5) is 5.69 Å². The van der Waals surface area contributed by atoms with E-state index in [1.54, 1.807) is 35.1 Å². The van der Waals surface area contributed by atoms with Gasteiger partial charge in [0.25, 0.3) is 5.91 Å². The summed E-state index contributed by atoms with van der Waals surface area (Å²) in [5.74, 6) is 0.982.